The topological polar surface area (TPSA) is 112 Å². The van der Waals surface area contributed by atoms with E-state index in [4.69, 9.17) is 10.1 Å². The van der Waals surface area contributed by atoms with Crippen LogP contribution in [0.25, 0.3) is 16.6 Å². The summed E-state index contributed by atoms with van der Waals surface area (Å²) in [6.07, 6.45) is 4.89. The average Bonchev–Trinajstić information content (AvgIpc) is 3.03. The van der Waals surface area contributed by atoms with Crippen LogP contribution < -0.4 is 21.1 Å². The molecule has 9 heteroatoms. The highest BCUT2D eigenvalue weighted by atomic mass is 16.5. The Bertz CT molecular complexity index is 1650. The second-order valence-corrected chi connectivity index (χ2v) is 10.3. The summed E-state index contributed by atoms with van der Waals surface area (Å²) in [6.45, 7) is 4.40. The van der Waals surface area contributed by atoms with Crippen LogP contribution >= 0.6 is 0 Å². The molecule has 1 aromatic heterocycles. The third kappa shape index (κ3) is 6.52. The second-order valence-electron chi connectivity index (χ2n) is 10.3. The predicted molar refractivity (Wildman–Crippen MR) is 168 cm³/mol. The van der Waals surface area contributed by atoms with Gasteiger partial charge in [-0.3, -0.25) is 9.59 Å². The van der Waals surface area contributed by atoms with Gasteiger partial charge < -0.3 is 30.2 Å². The van der Waals surface area contributed by atoms with Crippen molar-refractivity contribution in [2.75, 3.05) is 29.9 Å². The first-order valence-electron chi connectivity index (χ1n) is 14.2. The van der Waals surface area contributed by atoms with Crippen molar-refractivity contribution in [1.82, 2.24) is 14.9 Å². The van der Waals surface area contributed by atoms with Crippen molar-refractivity contribution < 1.29 is 9.53 Å². The Hall–Kier alpha value is -4.92. The molecule has 42 heavy (non-hydrogen) atoms. The van der Waals surface area contributed by atoms with Gasteiger partial charge in [0.05, 0.1) is 23.6 Å². The molecule has 1 unspecified atom stereocenters. The first kappa shape index (κ1) is 28.6. The molecule has 1 aliphatic rings. The Morgan fingerprint density at radius 1 is 1.12 bits per heavy atom. The van der Waals surface area contributed by atoms with Crippen molar-refractivity contribution in [3.05, 3.63) is 100 Å². The van der Waals surface area contributed by atoms with Gasteiger partial charge in [0.15, 0.2) is 5.82 Å². The van der Waals surface area contributed by atoms with E-state index in [1.807, 2.05) is 85.9 Å². The molecule has 5 rings (SSSR count). The first-order chi connectivity index (χ1) is 20.5. The number of hydrogen-bond donors (Lipinski definition) is 3. The van der Waals surface area contributed by atoms with E-state index in [0.29, 0.717) is 36.3 Å². The molecular weight excluding hydrogens is 528 g/mol. The third-order valence-corrected chi connectivity index (χ3v) is 7.51. The summed E-state index contributed by atoms with van der Waals surface area (Å²) in [5, 5.41) is 14.4. The van der Waals surface area contributed by atoms with E-state index < -0.39 is 0 Å². The Balaban J connectivity index is 1.30. The van der Waals surface area contributed by atoms with E-state index >= 15 is 0 Å². The molecular formula is C33H36N6O3. The maximum absolute atomic E-state index is 13.2. The van der Waals surface area contributed by atoms with Crippen molar-refractivity contribution in [1.29, 1.82) is 5.41 Å². The van der Waals surface area contributed by atoms with Crippen molar-refractivity contribution in [2.24, 2.45) is 13.0 Å². The molecule has 0 amide bonds. The van der Waals surface area contributed by atoms with Crippen LogP contribution in [0.3, 0.4) is 0 Å². The van der Waals surface area contributed by atoms with Gasteiger partial charge in [0.1, 0.15) is 0 Å². The lowest BCUT2D eigenvalue weighted by Gasteiger charge is -2.33. The predicted octanol–water partition coefficient (Wildman–Crippen LogP) is 5.24. The van der Waals surface area contributed by atoms with Gasteiger partial charge in [-0.2, -0.15) is 0 Å². The van der Waals surface area contributed by atoms with Crippen molar-refractivity contribution in [2.45, 2.75) is 26.3 Å². The number of piperidine rings is 1. The molecule has 216 valence electrons. The summed E-state index contributed by atoms with van der Waals surface area (Å²) in [4.78, 5) is 32.3. The van der Waals surface area contributed by atoms with E-state index in [1.165, 1.54) is 6.21 Å². The minimum Gasteiger partial charge on any atom is -0.466 e. The molecule has 3 aromatic carbocycles. The highest BCUT2D eigenvalue weighted by Crippen LogP contribution is 2.26. The van der Waals surface area contributed by atoms with Gasteiger partial charge in [-0.15, -0.1) is 0 Å². The van der Waals surface area contributed by atoms with Gasteiger partial charge >= 0.3 is 5.97 Å². The number of rotatable bonds is 10. The minimum atomic E-state index is -0.250. The van der Waals surface area contributed by atoms with E-state index in [1.54, 1.807) is 11.6 Å². The van der Waals surface area contributed by atoms with Crippen molar-refractivity contribution in [3.8, 4) is 0 Å². The highest BCUT2D eigenvalue weighted by molar-refractivity contribution is 6.09. The van der Waals surface area contributed by atoms with Gasteiger partial charge in [-0.25, -0.2) is 4.98 Å². The lowest BCUT2D eigenvalue weighted by molar-refractivity contribution is -0.148. The maximum Gasteiger partial charge on any atom is 0.310 e. The SMILES string of the molecule is CCOC(=O)C1CCCN(c2ccc(Nc3nc4ccc(/C(C=N)=C/NCc5ccccc5)cc4n(C)c3=O)cc2)C1. The molecule has 9 nitrogen and oxygen atoms in total. The summed E-state index contributed by atoms with van der Waals surface area (Å²) < 4.78 is 6.80. The standard InChI is InChI=1S/C33H36N6O3/c1-3-42-33(41)25-10-7-17-39(22-25)28-14-12-27(13-15-28)36-31-32(40)38(2)30-18-24(11-16-29(30)37-31)26(19-34)21-35-20-23-8-5-4-6-9-23/h4-6,8-9,11-16,18-19,21,25,34-35H,3,7,10,17,20,22H2,1-2H3,(H,36,37)/b26-21+,34-19?. The fourth-order valence-corrected chi connectivity index (χ4v) is 5.22. The molecule has 4 aromatic rings. The molecule has 2 heterocycles. The number of aryl methyl sites for hydroxylation is 1. The Morgan fingerprint density at radius 2 is 1.90 bits per heavy atom. The monoisotopic (exact) mass is 564 g/mol. The smallest absolute Gasteiger partial charge is 0.310 e. The van der Waals surface area contributed by atoms with Gasteiger partial charge in [0.25, 0.3) is 5.56 Å². The molecule has 0 radical (unpaired) electrons. The average molecular weight is 565 g/mol. The van der Waals surface area contributed by atoms with Gasteiger partial charge in [-0.05, 0) is 67.3 Å². The van der Waals surface area contributed by atoms with E-state index in [9.17, 15) is 9.59 Å². The van der Waals surface area contributed by atoms with Crippen LogP contribution in [-0.4, -0.2) is 41.4 Å². The Kier molecular flexibility index (Phi) is 8.96. The number of hydrogen-bond acceptors (Lipinski definition) is 8. The van der Waals surface area contributed by atoms with Gasteiger partial charge in [0, 0.05) is 56.0 Å². The molecule has 3 N–H and O–H groups in total. The summed E-state index contributed by atoms with van der Waals surface area (Å²) in [6, 6.07) is 23.5. The minimum absolute atomic E-state index is 0.113. The quantitative estimate of drug-likeness (QED) is 0.178. The fourth-order valence-electron chi connectivity index (χ4n) is 5.22. The highest BCUT2D eigenvalue weighted by Gasteiger charge is 2.27. The van der Waals surface area contributed by atoms with Crippen LogP contribution in [0.4, 0.5) is 17.2 Å². The van der Waals surface area contributed by atoms with E-state index in [-0.39, 0.29) is 23.3 Å². The first-order valence-corrected chi connectivity index (χ1v) is 14.2. The van der Waals surface area contributed by atoms with Crippen molar-refractivity contribution in [3.63, 3.8) is 0 Å². The number of esters is 1. The molecule has 1 fully saturated rings. The summed E-state index contributed by atoms with van der Waals surface area (Å²) in [5.41, 5.74) is 5.52. The number of ether oxygens (including phenoxy) is 1. The number of carbonyl (C=O) groups excluding carboxylic acids is 1. The lowest BCUT2D eigenvalue weighted by Crippen LogP contribution is -2.39. The van der Waals surface area contributed by atoms with Crippen LogP contribution in [0.1, 0.15) is 30.9 Å². The molecule has 1 atom stereocenters. The van der Waals surface area contributed by atoms with Gasteiger partial charge in [0.2, 0.25) is 0 Å². The molecule has 0 saturated carbocycles. The zero-order valence-electron chi connectivity index (χ0n) is 24.0. The number of fused-ring (bicyclic) bond motifs is 1. The number of carbonyl (C=O) groups is 1. The largest absolute Gasteiger partial charge is 0.466 e. The molecule has 1 saturated heterocycles. The number of allylic oxidation sites excluding steroid dienone is 1. The maximum atomic E-state index is 13.2. The van der Waals surface area contributed by atoms with E-state index in [0.717, 1.165) is 41.9 Å². The summed E-state index contributed by atoms with van der Waals surface area (Å²) >= 11 is 0. The zero-order chi connectivity index (χ0) is 29.5. The van der Waals surface area contributed by atoms with Crippen LogP contribution in [0.2, 0.25) is 0 Å². The molecule has 0 aliphatic carbocycles. The van der Waals surface area contributed by atoms with Crippen LogP contribution in [-0.2, 0) is 23.1 Å². The number of anilines is 3. The Labute approximate surface area is 245 Å². The lowest BCUT2D eigenvalue weighted by atomic mass is 9.97. The van der Waals surface area contributed by atoms with Crippen LogP contribution in [0.15, 0.2) is 83.8 Å². The Morgan fingerprint density at radius 3 is 2.64 bits per heavy atom. The zero-order valence-corrected chi connectivity index (χ0v) is 24.0. The molecule has 0 bridgehead atoms. The van der Waals surface area contributed by atoms with E-state index in [2.05, 4.69) is 20.5 Å². The van der Waals surface area contributed by atoms with Gasteiger partial charge in [-0.1, -0.05) is 36.4 Å². The van der Waals surface area contributed by atoms with Crippen LogP contribution in [0.5, 0.6) is 0 Å². The fraction of sp³-hybridized carbons (Fsp3) is 0.273. The number of nitrogens with zero attached hydrogens (tertiary/aromatic N) is 3. The molecule has 0 spiro atoms. The molecule has 1 aliphatic heterocycles. The second kappa shape index (κ2) is 13.2. The summed E-state index contributed by atoms with van der Waals surface area (Å²) in [5.74, 6) is -0.00760. The van der Waals surface area contributed by atoms with Crippen molar-refractivity contribution >= 4 is 46.0 Å². The summed E-state index contributed by atoms with van der Waals surface area (Å²) in [7, 11) is 1.72. The normalized spacial score (nSPS) is 15.3. The number of nitrogens with one attached hydrogen (secondary N) is 3. The number of benzene rings is 3. The third-order valence-electron chi connectivity index (χ3n) is 7.51. The number of aromatic nitrogens is 2. The van der Waals surface area contributed by atoms with Crippen LogP contribution in [0, 0.1) is 11.3 Å².